The van der Waals surface area contributed by atoms with Crippen LogP contribution in [0.2, 0.25) is 0 Å². The molecule has 1 fully saturated rings. The molecule has 7 nitrogen and oxygen atoms in total. The number of hydrogen-bond acceptors (Lipinski definition) is 4. The Labute approximate surface area is 181 Å². The van der Waals surface area contributed by atoms with Crippen LogP contribution in [-0.4, -0.2) is 41.8 Å². The van der Waals surface area contributed by atoms with E-state index in [1.54, 1.807) is 6.07 Å². The standard InChI is InChI=1S/C24H28N4O3/c1-16-12-17(2)23(18(3)13-16)26-22(29)15-28-21(14-27-8-10-31-11-9-27)25-20-7-5-4-6-19(20)24(28)30/h4-7,12-13H,8-11,14-15H2,1-3H3,(H,26,29)/p+1. The van der Waals surface area contributed by atoms with Gasteiger partial charge in [-0.05, 0) is 44.0 Å². The number of fused-ring (bicyclic) bond motifs is 1. The first-order chi connectivity index (χ1) is 14.9. The molecule has 7 heteroatoms. The van der Waals surface area contributed by atoms with Crippen molar-refractivity contribution in [1.82, 2.24) is 9.55 Å². The number of quaternary nitrogens is 1. The zero-order valence-corrected chi connectivity index (χ0v) is 18.3. The highest BCUT2D eigenvalue weighted by Crippen LogP contribution is 2.22. The summed E-state index contributed by atoms with van der Waals surface area (Å²) in [6, 6.07) is 11.4. The molecule has 4 rings (SSSR count). The lowest BCUT2D eigenvalue weighted by Crippen LogP contribution is -3.13. The van der Waals surface area contributed by atoms with Gasteiger partial charge in [0, 0.05) is 5.69 Å². The molecular formula is C24H29N4O3+. The second-order valence-corrected chi connectivity index (χ2v) is 8.30. The van der Waals surface area contributed by atoms with Crippen molar-refractivity contribution < 1.29 is 14.4 Å². The van der Waals surface area contributed by atoms with Crippen molar-refractivity contribution in [3.8, 4) is 0 Å². The molecule has 1 aliphatic rings. The lowest BCUT2D eigenvalue weighted by Gasteiger charge is -2.24. The summed E-state index contributed by atoms with van der Waals surface area (Å²) in [6.45, 7) is 9.61. The first kappa shape index (κ1) is 21.2. The monoisotopic (exact) mass is 421 g/mol. The summed E-state index contributed by atoms with van der Waals surface area (Å²) in [4.78, 5) is 32.3. The Kier molecular flexibility index (Phi) is 6.15. The molecule has 1 aliphatic heterocycles. The summed E-state index contributed by atoms with van der Waals surface area (Å²) in [5, 5.41) is 3.53. The highest BCUT2D eigenvalue weighted by Gasteiger charge is 2.21. The van der Waals surface area contributed by atoms with Gasteiger partial charge in [-0.1, -0.05) is 29.8 Å². The van der Waals surface area contributed by atoms with E-state index in [1.165, 1.54) is 9.47 Å². The largest absolute Gasteiger partial charge is 0.370 e. The third kappa shape index (κ3) is 4.68. The van der Waals surface area contributed by atoms with Gasteiger partial charge in [0.1, 0.15) is 26.2 Å². The molecule has 2 N–H and O–H groups in total. The number of carbonyl (C=O) groups excluding carboxylic acids is 1. The van der Waals surface area contributed by atoms with Gasteiger partial charge in [-0.2, -0.15) is 0 Å². The van der Waals surface area contributed by atoms with Crippen molar-refractivity contribution in [2.75, 3.05) is 31.6 Å². The molecular weight excluding hydrogens is 392 g/mol. The Morgan fingerprint density at radius 1 is 1.13 bits per heavy atom. The van der Waals surface area contributed by atoms with Crippen LogP contribution < -0.4 is 15.8 Å². The number of amides is 1. The van der Waals surface area contributed by atoms with Crippen molar-refractivity contribution >= 4 is 22.5 Å². The number of morpholine rings is 1. The molecule has 2 aromatic carbocycles. The van der Waals surface area contributed by atoms with E-state index in [-0.39, 0.29) is 18.0 Å². The molecule has 162 valence electrons. The summed E-state index contributed by atoms with van der Waals surface area (Å²) >= 11 is 0. The van der Waals surface area contributed by atoms with E-state index in [0.717, 1.165) is 35.5 Å². The van der Waals surface area contributed by atoms with Gasteiger partial charge in [0.15, 0.2) is 5.82 Å². The van der Waals surface area contributed by atoms with Crippen molar-refractivity contribution in [2.45, 2.75) is 33.9 Å². The molecule has 31 heavy (non-hydrogen) atoms. The number of benzene rings is 2. The van der Waals surface area contributed by atoms with Crippen LogP contribution in [0.25, 0.3) is 10.9 Å². The van der Waals surface area contributed by atoms with Crippen molar-refractivity contribution in [1.29, 1.82) is 0 Å². The Balaban J connectivity index is 1.66. The maximum Gasteiger partial charge on any atom is 0.262 e. The molecule has 2 heterocycles. The van der Waals surface area contributed by atoms with E-state index in [1.807, 2.05) is 51.1 Å². The van der Waals surface area contributed by atoms with Gasteiger partial charge in [0.2, 0.25) is 5.91 Å². The molecule has 0 saturated carbocycles. The Morgan fingerprint density at radius 2 is 1.81 bits per heavy atom. The number of hydrogen-bond donors (Lipinski definition) is 2. The van der Waals surface area contributed by atoms with Gasteiger partial charge >= 0.3 is 0 Å². The van der Waals surface area contributed by atoms with Gasteiger partial charge in [0.25, 0.3) is 5.56 Å². The van der Waals surface area contributed by atoms with Gasteiger partial charge in [-0.3, -0.25) is 14.2 Å². The van der Waals surface area contributed by atoms with Crippen LogP contribution in [0.15, 0.2) is 41.2 Å². The number of carbonyl (C=O) groups is 1. The number of aromatic nitrogens is 2. The summed E-state index contributed by atoms with van der Waals surface area (Å²) in [5.41, 5.74) is 4.45. The SMILES string of the molecule is Cc1cc(C)c(NC(=O)Cn2c(C[NH+]3CCOCC3)nc3ccccc3c2=O)c(C)c1. The van der Waals surface area contributed by atoms with Crippen LogP contribution in [0, 0.1) is 20.8 Å². The number of ether oxygens (including phenoxy) is 1. The van der Waals surface area contributed by atoms with Crippen molar-refractivity contribution in [2.24, 2.45) is 0 Å². The quantitative estimate of drug-likeness (QED) is 0.653. The minimum atomic E-state index is -0.229. The van der Waals surface area contributed by atoms with Gasteiger partial charge < -0.3 is 15.0 Å². The zero-order valence-electron chi connectivity index (χ0n) is 18.3. The molecule has 0 aliphatic carbocycles. The molecule has 0 atom stereocenters. The molecule has 0 bridgehead atoms. The molecule has 1 aromatic heterocycles. The van der Waals surface area contributed by atoms with Crippen molar-refractivity contribution in [3.05, 3.63) is 69.3 Å². The van der Waals surface area contributed by atoms with E-state index >= 15 is 0 Å². The Hall–Kier alpha value is -3.03. The minimum absolute atomic E-state index is 0.0669. The predicted molar refractivity (Wildman–Crippen MR) is 121 cm³/mol. The molecule has 0 radical (unpaired) electrons. The fourth-order valence-corrected chi connectivity index (χ4v) is 4.27. The predicted octanol–water partition coefficient (Wildman–Crippen LogP) is 1.38. The molecule has 1 amide bonds. The minimum Gasteiger partial charge on any atom is -0.370 e. The molecule has 1 saturated heterocycles. The van der Waals surface area contributed by atoms with Crippen LogP contribution in [0.5, 0.6) is 0 Å². The highest BCUT2D eigenvalue weighted by atomic mass is 16.5. The second-order valence-electron chi connectivity index (χ2n) is 8.30. The van der Waals surface area contributed by atoms with Crippen LogP contribution in [0.3, 0.4) is 0 Å². The number of aryl methyl sites for hydroxylation is 3. The topological polar surface area (TPSA) is 77.7 Å². The Morgan fingerprint density at radius 3 is 2.52 bits per heavy atom. The van der Waals surface area contributed by atoms with Gasteiger partial charge in [-0.15, -0.1) is 0 Å². The zero-order chi connectivity index (χ0) is 22.0. The molecule has 0 unspecified atom stereocenters. The van der Waals surface area contributed by atoms with E-state index in [0.29, 0.717) is 36.5 Å². The highest BCUT2D eigenvalue weighted by molar-refractivity contribution is 5.92. The average molecular weight is 422 g/mol. The Bertz CT molecular complexity index is 1160. The van der Waals surface area contributed by atoms with Crippen LogP contribution in [0.4, 0.5) is 5.69 Å². The average Bonchev–Trinajstić information content (AvgIpc) is 2.74. The fraction of sp³-hybridized carbons (Fsp3) is 0.375. The van der Waals surface area contributed by atoms with Crippen LogP contribution >= 0.6 is 0 Å². The number of nitrogens with one attached hydrogen (secondary N) is 2. The number of para-hydroxylation sites is 1. The van der Waals surface area contributed by atoms with E-state index in [9.17, 15) is 9.59 Å². The second kappa shape index (κ2) is 8.99. The third-order valence-corrected chi connectivity index (χ3v) is 5.79. The van der Waals surface area contributed by atoms with E-state index in [4.69, 9.17) is 9.72 Å². The fourth-order valence-electron chi connectivity index (χ4n) is 4.27. The molecule has 3 aromatic rings. The normalized spacial score (nSPS) is 14.7. The van der Waals surface area contributed by atoms with Crippen molar-refractivity contribution in [3.63, 3.8) is 0 Å². The van der Waals surface area contributed by atoms with E-state index < -0.39 is 0 Å². The maximum absolute atomic E-state index is 13.3. The third-order valence-electron chi connectivity index (χ3n) is 5.79. The van der Waals surface area contributed by atoms with Gasteiger partial charge in [-0.25, -0.2) is 4.98 Å². The smallest absolute Gasteiger partial charge is 0.262 e. The van der Waals surface area contributed by atoms with Gasteiger partial charge in [0.05, 0.1) is 24.1 Å². The first-order valence-corrected chi connectivity index (χ1v) is 10.7. The lowest BCUT2D eigenvalue weighted by atomic mass is 10.1. The maximum atomic E-state index is 13.3. The number of rotatable bonds is 5. The number of anilines is 1. The van der Waals surface area contributed by atoms with Crippen LogP contribution in [-0.2, 0) is 22.6 Å². The molecule has 0 spiro atoms. The van der Waals surface area contributed by atoms with Crippen LogP contribution in [0.1, 0.15) is 22.5 Å². The summed E-state index contributed by atoms with van der Waals surface area (Å²) in [6.07, 6.45) is 0. The first-order valence-electron chi connectivity index (χ1n) is 10.7. The van der Waals surface area contributed by atoms with E-state index in [2.05, 4.69) is 5.32 Å². The summed E-state index contributed by atoms with van der Waals surface area (Å²) < 4.78 is 6.98. The summed E-state index contributed by atoms with van der Waals surface area (Å²) in [7, 11) is 0. The lowest BCUT2D eigenvalue weighted by molar-refractivity contribution is -0.922. The number of nitrogens with zero attached hydrogens (tertiary/aromatic N) is 2. The summed E-state index contributed by atoms with van der Waals surface area (Å²) in [5.74, 6) is 0.403.